The molecule has 2 heterocycles. The quantitative estimate of drug-likeness (QED) is 0.331. The van der Waals surface area contributed by atoms with Crippen molar-refractivity contribution in [3.63, 3.8) is 0 Å². The van der Waals surface area contributed by atoms with E-state index in [2.05, 4.69) is 41.8 Å². The minimum Gasteiger partial charge on any atom is -0.378 e. The first-order valence-corrected chi connectivity index (χ1v) is 15.8. The van der Waals surface area contributed by atoms with E-state index in [-0.39, 0.29) is 12.0 Å². The third kappa shape index (κ3) is 21.5. The fourth-order valence-electron chi connectivity index (χ4n) is 3.28. The second-order valence-electron chi connectivity index (χ2n) is 8.15. The molecule has 1 aromatic carbocycles. The highest BCUT2D eigenvalue weighted by Crippen LogP contribution is 2.16. The summed E-state index contributed by atoms with van der Waals surface area (Å²) in [6.07, 6.45) is 8.57. The van der Waals surface area contributed by atoms with Gasteiger partial charge in [0, 0.05) is 24.6 Å². The number of fused-ring (bicyclic) bond motifs is 1. The summed E-state index contributed by atoms with van der Waals surface area (Å²) < 4.78 is 5.02. The summed E-state index contributed by atoms with van der Waals surface area (Å²) in [5.41, 5.74) is 1.66. The van der Waals surface area contributed by atoms with E-state index < -0.39 is 0 Å². The summed E-state index contributed by atoms with van der Waals surface area (Å²) in [6, 6.07) is 9.87. The van der Waals surface area contributed by atoms with Gasteiger partial charge in [-0.3, -0.25) is 4.79 Å². The van der Waals surface area contributed by atoms with Crippen molar-refractivity contribution in [2.45, 2.75) is 102 Å². The van der Waals surface area contributed by atoms with Gasteiger partial charge in [0.25, 0.3) is 5.91 Å². The molecule has 2 aromatic rings. The molecule has 2 atom stereocenters. The molecule has 0 spiro atoms. The van der Waals surface area contributed by atoms with Gasteiger partial charge in [-0.1, -0.05) is 113 Å². The molecule has 0 aliphatic carbocycles. The van der Waals surface area contributed by atoms with Crippen LogP contribution in [0, 0.1) is 11.8 Å². The molecule has 0 radical (unpaired) electrons. The van der Waals surface area contributed by atoms with Crippen LogP contribution >= 0.6 is 0 Å². The number of allylic oxidation sites excluding steroid dienone is 2. The first kappa shape index (κ1) is 44.6. The number of aromatic nitrogens is 1. The standard InChI is InChI=1S/C16H21N3O.C9H16O.5C2H6/c1-19-8-6-12(7-9-19)11-17-16(20)15-10-13-4-2-3-5-14(13)18-15;1-5-8(2)6-7-9(3)10-4;5*1-2/h2-5,10,12,18H,6-9,11H2,1H3,(H,17,20);5-9H,1H2,2-4H3;5*1-2H3/b;7-6-;;;;;. The number of likely N-dealkylation sites (tertiary alicyclic amines) is 1. The van der Waals surface area contributed by atoms with E-state index >= 15 is 0 Å². The van der Waals surface area contributed by atoms with E-state index in [1.54, 1.807) is 7.11 Å². The summed E-state index contributed by atoms with van der Waals surface area (Å²) in [6.45, 7) is 30.8. The molecule has 5 heteroatoms. The lowest BCUT2D eigenvalue weighted by Gasteiger charge is -2.28. The predicted molar refractivity (Wildman–Crippen MR) is 183 cm³/mol. The van der Waals surface area contributed by atoms with Crippen LogP contribution in [0.3, 0.4) is 0 Å². The van der Waals surface area contributed by atoms with Crippen LogP contribution in [0.5, 0.6) is 0 Å². The van der Waals surface area contributed by atoms with Gasteiger partial charge in [-0.05, 0) is 63.9 Å². The van der Waals surface area contributed by atoms with Crippen molar-refractivity contribution in [1.82, 2.24) is 15.2 Å². The van der Waals surface area contributed by atoms with Crippen LogP contribution in [0.2, 0.25) is 0 Å². The first-order chi connectivity index (χ1) is 19.4. The lowest BCUT2D eigenvalue weighted by molar-refractivity contribution is 0.0935. The molecule has 5 nitrogen and oxygen atoms in total. The molecule has 0 bridgehead atoms. The van der Waals surface area contributed by atoms with Crippen molar-refractivity contribution < 1.29 is 9.53 Å². The maximum atomic E-state index is 12.2. The molecule has 1 aliphatic rings. The smallest absolute Gasteiger partial charge is 0.267 e. The SMILES string of the molecule is C=CC(C)/C=C\C(C)OC.CC.CC.CC.CC.CC.CN1CCC(CNC(=O)c2cc3ccccc3[nH]2)CC1. The van der Waals surface area contributed by atoms with Gasteiger partial charge in [-0.2, -0.15) is 0 Å². The molecule has 0 saturated carbocycles. The van der Waals surface area contributed by atoms with Crippen LogP contribution < -0.4 is 5.32 Å². The molecular weight excluding hydrogens is 494 g/mol. The minimum atomic E-state index is 0.000119. The van der Waals surface area contributed by atoms with Gasteiger partial charge in [0.05, 0.1) is 6.10 Å². The number of methoxy groups -OCH3 is 1. The number of para-hydroxylation sites is 1. The molecule has 1 aliphatic heterocycles. The molecule has 3 rings (SSSR count). The van der Waals surface area contributed by atoms with Gasteiger partial charge in [0.2, 0.25) is 0 Å². The van der Waals surface area contributed by atoms with Crippen molar-refractivity contribution in [2.75, 3.05) is 33.8 Å². The monoisotopic (exact) mass is 562 g/mol. The summed E-state index contributed by atoms with van der Waals surface area (Å²) in [4.78, 5) is 17.7. The Balaban J connectivity index is -0.000000276. The highest BCUT2D eigenvalue weighted by molar-refractivity contribution is 5.97. The van der Waals surface area contributed by atoms with Gasteiger partial charge in [-0.15, -0.1) is 6.58 Å². The fraction of sp³-hybridized carbons (Fsp3) is 0.629. The number of H-pyrrole nitrogens is 1. The summed E-state index contributed by atoms with van der Waals surface area (Å²) in [5.74, 6) is 1.05. The lowest BCUT2D eigenvalue weighted by atomic mass is 9.97. The molecule has 1 amide bonds. The summed E-state index contributed by atoms with van der Waals surface area (Å²) in [7, 11) is 3.85. The maximum absolute atomic E-state index is 12.2. The van der Waals surface area contributed by atoms with Gasteiger partial charge in [0.1, 0.15) is 5.69 Å². The van der Waals surface area contributed by atoms with Crippen LogP contribution in [0.1, 0.15) is 106 Å². The van der Waals surface area contributed by atoms with Gasteiger partial charge >= 0.3 is 0 Å². The largest absolute Gasteiger partial charge is 0.378 e. The van der Waals surface area contributed by atoms with E-state index in [0.29, 0.717) is 17.5 Å². The Morgan fingerprint density at radius 1 is 1.00 bits per heavy atom. The minimum absolute atomic E-state index is 0.000119. The second kappa shape index (κ2) is 32.8. The molecule has 1 aromatic heterocycles. The number of hydrogen-bond donors (Lipinski definition) is 2. The van der Waals surface area contributed by atoms with Crippen LogP contribution in [0.25, 0.3) is 10.9 Å². The Bertz CT molecular complexity index is 788. The number of carbonyl (C=O) groups excluding carboxylic acids is 1. The molecule has 2 N–H and O–H groups in total. The van der Waals surface area contributed by atoms with Gasteiger partial charge in [-0.25, -0.2) is 0 Å². The maximum Gasteiger partial charge on any atom is 0.267 e. The number of rotatable bonds is 7. The Hall–Kier alpha value is -2.37. The molecule has 1 fully saturated rings. The van der Waals surface area contributed by atoms with E-state index in [0.717, 1.165) is 30.5 Å². The Morgan fingerprint density at radius 2 is 1.52 bits per heavy atom. The summed E-state index contributed by atoms with van der Waals surface area (Å²) in [5, 5.41) is 4.14. The zero-order valence-corrected chi connectivity index (χ0v) is 28.9. The van der Waals surface area contributed by atoms with Gasteiger partial charge in [0.15, 0.2) is 0 Å². The fourth-order valence-corrected chi connectivity index (χ4v) is 3.28. The first-order valence-electron chi connectivity index (χ1n) is 15.8. The number of ether oxygens (including phenoxy) is 1. The number of aromatic amines is 1. The van der Waals surface area contributed by atoms with Crippen LogP contribution in [0.4, 0.5) is 0 Å². The van der Waals surface area contributed by atoms with E-state index in [1.165, 1.54) is 12.8 Å². The Labute approximate surface area is 249 Å². The Morgan fingerprint density at radius 3 is 2.00 bits per heavy atom. The number of benzene rings is 1. The van der Waals surface area contributed by atoms with E-state index in [9.17, 15) is 4.79 Å². The van der Waals surface area contributed by atoms with Gasteiger partial charge < -0.3 is 19.9 Å². The number of piperidine rings is 1. The Kier molecular flexibility index (Phi) is 36.7. The van der Waals surface area contributed by atoms with Crippen LogP contribution in [0.15, 0.2) is 55.1 Å². The normalized spacial score (nSPS) is 13.8. The van der Waals surface area contributed by atoms with Crippen molar-refractivity contribution in [3.8, 4) is 0 Å². The van der Waals surface area contributed by atoms with Crippen molar-refractivity contribution in [3.05, 3.63) is 60.8 Å². The topological polar surface area (TPSA) is 57.4 Å². The molecule has 40 heavy (non-hydrogen) atoms. The van der Waals surface area contributed by atoms with E-state index in [1.807, 2.05) is 119 Å². The highest BCUT2D eigenvalue weighted by Gasteiger charge is 2.18. The van der Waals surface area contributed by atoms with E-state index in [4.69, 9.17) is 4.74 Å². The number of amides is 1. The predicted octanol–water partition coefficient (Wildman–Crippen LogP) is 9.77. The number of hydrogen-bond acceptors (Lipinski definition) is 3. The average molecular weight is 562 g/mol. The third-order valence-electron chi connectivity index (χ3n) is 5.59. The van der Waals surface area contributed by atoms with Crippen molar-refractivity contribution in [1.29, 1.82) is 0 Å². The zero-order chi connectivity index (χ0) is 31.9. The average Bonchev–Trinajstić information content (AvgIpc) is 3.49. The highest BCUT2D eigenvalue weighted by atomic mass is 16.5. The van der Waals surface area contributed by atoms with Crippen LogP contribution in [-0.4, -0.2) is 55.7 Å². The molecule has 1 saturated heterocycles. The third-order valence-corrected chi connectivity index (χ3v) is 5.59. The second-order valence-corrected chi connectivity index (χ2v) is 8.15. The zero-order valence-electron chi connectivity index (χ0n) is 28.9. The lowest BCUT2D eigenvalue weighted by Crippen LogP contribution is -2.36. The molecule has 2 unspecified atom stereocenters. The number of nitrogens with zero attached hydrogens (tertiary/aromatic N) is 1. The molecule has 234 valence electrons. The van der Waals surface area contributed by atoms with Crippen LogP contribution in [-0.2, 0) is 4.74 Å². The number of carbonyl (C=O) groups is 1. The summed E-state index contributed by atoms with van der Waals surface area (Å²) >= 11 is 0. The molecular formula is C35H67N3O2. The number of nitrogens with one attached hydrogen (secondary N) is 2. The van der Waals surface area contributed by atoms with Crippen molar-refractivity contribution in [2.24, 2.45) is 11.8 Å². The van der Waals surface area contributed by atoms with Crippen molar-refractivity contribution >= 4 is 16.8 Å².